The number of ether oxygens (including phenoxy) is 1. The van der Waals surface area contributed by atoms with E-state index in [0.29, 0.717) is 5.69 Å². The number of hydrogen-bond donors (Lipinski definition) is 2. The van der Waals surface area contributed by atoms with Crippen molar-refractivity contribution in [2.45, 2.75) is 57.6 Å². The third-order valence-corrected chi connectivity index (χ3v) is 6.39. The van der Waals surface area contributed by atoms with Gasteiger partial charge in [0.2, 0.25) is 0 Å². The molecule has 2 heterocycles. The van der Waals surface area contributed by atoms with E-state index in [9.17, 15) is 14.4 Å². The van der Waals surface area contributed by atoms with Crippen LogP contribution in [0.1, 0.15) is 44.7 Å². The lowest BCUT2D eigenvalue weighted by Crippen LogP contribution is -2.48. The number of nitrogens with one attached hydrogen (secondary N) is 2. The Labute approximate surface area is 171 Å². The van der Waals surface area contributed by atoms with Gasteiger partial charge in [0.15, 0.2) is 6.10 Å². The van der Waals surface area contributed by atoms with Crippen molar-refractivity contribution in [1.82, 2.24) is 15.6 Å². The highest BCUT2D eigenvalue weighted by atomic mass is 32.1. The van der Waals surface area contributed by atoms with Gasteiger partial charge in [-0.15, -0.1) is 22.7 Å². The molecular formula is C19H23N3O4S2. The molecule has 0 bridgehead atoms. The lowest BCUT2D eigenvalue weighted by Gasteiger charge is -2.23. The lowest BCUT2D eigenvalue weighted by atomic mass is 9.96. The van der Waals surface area contributed by atoms with Crippen molar-refractivity contribution >= 4 is 40.6 Å². The van der Waals surface area contributed by atoms with E-state index in [1.54, 1.807) is 16.7 Å². The van der Waals surface area contributed by atoms with Gasteiger partial charge in [-0.1, -0.05) is 25.3 Å². The molecule has 3 rings (SSSR count). The third-order valence-electron chi connectivity index (χ3n) is 4.46. The van der Waals surface area contributed by atoms with E-state index in [1.165, 1.54) is 24.7 Å². The SMILES string of the molecule is CC(OC(=O)Cc1csc(-c2cccs2)n1)C(=O)NC(=O)NC1CCCCC1. The summed E-state index contributed by atoms with van der Waals surface area (Å²) in [5.74, 6) is -1.20. The van der Waals surface area contributed by atoms with Crippen LogP contribution in [0.15, 0.2) is 22.9 Å². The van der Waals surface area contributed by atoms with Crippen LogP contribution in [0.5, 0.6) is 0 Å². The first-order valence-corrected chi connectivity index (χ1v) is 11.1. The lowest BCUT2D eigenvalue weighted by molar-refractivity contribution is -0.153. The van der Waals surface area contributed by atoms with Gasteiger partial charge in [-0.3, -0.25) is 14.9 Å². The van der Waals surface area contributed by atoms with Crippen LogP contribution >= 0.6 is 22.7 Å². The van der Waals surface area contributed by atoms with Gasteiger partial charge >= 0.3 is 12.0 Å². The Hall–Kier alpha value is -2.26. The number of thiazole rings is 1. The Bertz CT molecular complexity index is 813. The molecule has 2 N–H and O–H groups in total. The molecule has 0 saturated heterocycles. The van der Waals surface area contributed by atoms with Crippen molar-refractivity contribution in [2.24, 2.45) is 0 Å². The summed E-state index contributed by atoms with van der Waals surface area (Å²) in [6.45, 7) is 1.44. The number of nitrogens with zero attached hydrogens (tertiary/aromatic N) is 1. The van der Waals surface area contributed by atoms with E-state index in [2.05, 4.69) is 15.6 Å². The van der Waals surface area contributed by atoms with Gasteiger partial charge in [-0.25, -0.2) is 9.78 Å². The second-order valence-electron chi connectivity index (χ2n) is 6.73. The predicted molar refractivity (Wildman–Crippen MR) is 108 cm³/mol. The minimum atomic E-state index is -1.06. The third kappa shape index (κ3) is 5.87. The number of amides is 3. The number of rotatable bonds is 6. The molecule has 0 aromatic carbocycles. The average Bonchev–Trinajstić information content (AvgIpc) is 3.33. The molecule has 7 nitrogen and oxygen atoms in total. The van der Waals surface area contributed by atoms with E-state index in [-0.39, 0.29) is 12.5 Å². The van der Waals surface area contributed by atoms with E-state index < -0.39 is 24.0 Å². The van der Waals surface area contributed by atoms with Crippen molar-refractivity contribution in [3.05, 3.63) is 28.6 Å². The molecule has 1 unspecified atom stereocenters. The van der Waals surface area contributed by atoms with Crippen molar-refractivity contribution < 1.29 is 19.1 Å². The monoisotopic (exact) mass is 421 g/mol. The van der Waals surface area contributed by atoms with Gasteiger partial charge in [0.05, 0.1) is 17.0 Å². The van der Waals surface area contributed by atoms with Crippen LogP contribution in [-0.2, 0) is 20.7 Å². The molecule has 28 heavy (non-hydrogen) atoms. The average molecular weight is 422 g/mol. The van der Waals surface area contributed by atoms with Crippen molar-refractivity contribution in [2.75, 3.05) is 0 Å². The number of thiophene rings is 1. The van der Waals surface area contributed by atoms with Crippen molar-refractivity contribution in [3.63, 3.8) is 0 Å². The Balaban J connectivity index is 1.43. The molecule has 3 amide bonds. The van der Waals surface area contributed by atoms with E-state index in [4.69, 9.17) is 4.74 Å². The van der Waals surface area contributed by atoms with Crippen molar-refractivity contribution in [3.8, 4) is 9.88 Å². The minimum absolute atomic E-state index is 0.0201. The predicted octanol–water partition coefficient (Wildman–Crippen LogP) is 3.50. The molecule has 150 valence electrons. The van der Waals surface area contributed by atoms with Crippen LogP contribution in [-0.4, -0.2) is 35.0 Å². The van der Waals surface area contributed by atoms with Crippen LogP contribution in [0.2, 0.25) is 0 Å². The maximum Gasteiger partial charge on any atom is 0.321 e. The second kappa shape index (κ2) is 9.79. The fourth-order valence-corrected chi connectivity index (χ4v) is 4.66. The Morgan fingerprint density at radius 1 is 1.25 bits per heavy atom. The Morgan fingerprint density at radius 3 is 2.75 bits per heavy atom. The van der Waals surface area contributed by atoms with Crippen LogP contribution in [0.4, 0.5) is 4.79 Å². The Morgan fingerprint density at radius 2 is 2.04 bits per heavy atom. The molecule has 0 radical (unpaired) electrons. The zero-order valence-electron chi connectivity index (χ0n) is 15.6. The van der Waals surface area contributed by atoms with Gasteiger partial charge in [-0.2, -0.15) is 0 Å². The highest BCUT2D eigenvalue weighted by Crippen LogP contribution is 2.28. The molecule has 1 saturated carbocycles. The fraction of sp³-hybridized carbons (Fsp3) is 0.474. The molecule has 1 fully saturated rings. The summed E-state index contributed by atoms with van der Waals surface area (Å²) in [6, 6.07) is 3.47. The first-order valence-electron chi connectivity index (χ1n) is 9.30. The highest BCUT2D eigenvalue weighted by molar-refractivity contribution is 7.20. The molecule has 0 aliphatic heterocycles. The van der Waals surface area contributed by atoms with E-state index >= 15 is 0 Å². The van der Waals surface area contributed by atoms with Gasteiger partial charge < -0.3 is 10.1 Å². The summed E-state index contributed by atoms with van der Waals surface area (Å²) in [5, 5.41) is 9.66. The van der Waals surface area contributed by atoms with E-state index in [1.807, 2.05) is 17.5 Å². The molecule has 1 aliphatic rings. The van der Waals surface area contributed by atoms with Crippen LogP contribution in [0, 0.1) is 0 Å². The van der Waals surface area contributed by atoms with E-state index in [0.717, 1.165) is 35.6 Å². The summed E-state index contributed by atoms with van der Waals surface area (Å²) < 4.78 is 5.14. The molecule has 9 heteroatoms. The summed E-state index contributed by atoms with van der Waals surface area (Å²) in [6.07, 6.45) is 4.11. The number of hydrogen-bond acceptors (Lipinski definition) is 7. The summed E-state index contributed by atoms with van der Waals surface area (Å²) in [7, 11) is 0. The number of carbonyl (C=O) groups is 3. The van der Waals surface area contributed by atoms with Gasteiger partial charge in [0.1, 0.15) is 5.01 Å². The van der Waals surface area contributed by atoms with Gasteiger partial charge in [-0.05, 0) is 31.2 Å². The van der Waals surface area contributed by atoms with Crippen LogP contribution in [0.25, 0.3) is 9.88 Å². The smallest absolute Gasteiger partial charge is 0.321 e. The molecule has 2 aromatic rings. The molecule has 1 atom stereocenters. The Kier molecular flexibility index (Phi) is 7.16. The molecule has 2 aromatic heterocycles. The van der Waals surface area contributed by atoms with Crippen molar-refractivity contribution in [1.29, 1.82) is 0 Å². The zero-order chi connectivity index (χ0) is 19.9. The van der Waals surface area contributed by atoms with Crippen LogP contribution < -0.4 is 10.6 Å². The number of imide groups is 1. The summed E-state index contributed by atoms with van der Waals surface area (Å²) in [5.41, 5.74) is 0.598. The number of carbonyl (C=O) groups excluding carboxylic acids is 3. The molecule has 0 spiro atoms. The number of esters is 1. The normalized spacial score (nSPS) is 15.6. The summed E-state index contributed by atoms with van der Waals surface area (Å²) in [4.78, 5) is 41.6. The second-order valence-corrected chi connectivity index (χ2v) is 8.53. The number of aromatic nitrogens is 1. The van der Waals surface area contributed by atoms with Crippen LogP contribution in [0.3, 0.4) is 0 Å². The highest BCUT2D eigenvalue weighted by Gasteiger charge is 2.22. The number of urea groups is 1. The largest absolute Gasteiger partial charge is 0.452 e. The molecular weight excluding hydrogens is 398 g/mol. The standard InChI is InChI=1S/C19H23N3O4S2/c1-12(17(24)22-19(25)21-13-6-3-2-4-7-13)26-16(23)10-14-11-28-18(20-14)15-8-5-9-27-15/h5,8-9,11-13H,2-4,6-7,10H2,1H3,(H2,21,22,24,25). The quantitative estimate of drug-likeness (QED) is 0.696. The molecule has 1 aliphatic carbocycles. The van der Waals surface area contributed by atoms with Gasteiger partial charge in [0.25, 0.3) is 5.91 Å². The maximum absolute atomic E-state index is 12.1. The first kappa shape index (κ1) is 20.5. The first-order chi connectivity index (χ1) is 13.5. The minimum Gasteiger partial charge on any atom is -0.452 e. The maximum atomic E-state index is 12.1. The summed E-state index contributed by atoms with van der Waals surface area (Å²) >= 11 is 3.04. The topological polar surface area (TPSA) is 97.4 Å². The zero-order valence-corrected chi connectivity index (χ0v) is 17.2. The van der Waals surface area contributed by atoms with Gasteiger partial charge in [0, 0.05) is 11.4 Å². The fourth-order valence-electron chi connectivity index (χ4n) is 3.02.